The van der Waals surface area contributed by atoms with Crippen molar-refractivity contribution in [2.45, 2.75) is 19.4 Å². The summed E-state index contributed by atoms with van der Waals surface area (Å²) in [6.07, 6.45) is 5.58. The first-order valence-electron chi connectivity index (χ1n) is 5.83. The quantitative estimate of drug-likeness (QED) is 0.740. The smallest absolute Gasteiger partial charge is 0.237 e. The van der Waals surface area contributed by atoms with Gasteiger partial charge >= 0.3 is 0 Å². The van der Waals surface area contributed by atoms with Crippen LogP contribution in [0.2, 0.25) is 0 Å². The fourth-order valence-electron chi connectivity index (χ4n) is 1.51. The first-order valence-corrected chi connectivity index (χ1v) is 5.83. The standard InChI is InChI=1S/C14H17FN2O/c1-3-9-17-14(18)11(2)16-10-8-12-6-4-5-7-13(12)15/h1,4-7,11,16H,8-10H2,2H3,(H,17,18). The number of amides is 1. The van der Waals surface area contributed by atoms with E-state index in [1.807, 2.05) is 0 Å². The van der Waals surface area contributed by atoms with Crippen molar-refractivity contribution in [3.8, 4) is 12.3 Å². The zero-order chi connectivity index (χ0) is 13.4. The number of nitrogens with one attached hydrogen (secondary N) is 2. The van der Waals surface area contributed by atoms with Gasteiger partial charge in [-0.2, -0.15) is 0 Å². The van der Waals surface area contributed by atoms with Crippen LogP contribution in [0.25, 0.3) is 0 Å². The molecule has 1 aromatic rings. The lowest BCUT2D eigenvalue weighted by Crippen LogP contribution is -2.43. The summed E-state index contributed by atoms with van der Waals surface area (Å²) in [5, 5.41) is 5.60. The number of halogens is 1. The van der Waals surface area contributed by atoms with E-state index in [-0.39, 0.29) is 24.3 Å². The minimum absolute atomic E-state index is 0.151. The first kappa shape index (κ1) is 14.2. The molecule has 3 nitrogen and oxygen atoms in total. The molecule has 1 atom stereocenters. The lowest BCUT2D eigenvalue weighted by molar-refractivity contribution is -0.122. The summed E-state index contributed by atoms with van der Waals surface area (Å²) in [5.74, 6) is 1.96. The molecular formula is C14H17FN2O. The van der Waals surface area contributed by atoms with Crippen molar-refractivity contribution >= 4 is 5.91 Å². The van der Waals surface area contributed by atoms with Crippen molar-refractivity contribution in [2.75, 3.05) is 13.1 Å². The van der Waals surface area contributed by atoms with Gasteiger partial charge in [0.2, 0.25) is 5.91 Å². The van der Waals surface area contributed by atoms with E-state index in [0.717, 1.165) is 0 Å². The molecule has 0 bridgehead atoms. The summed E-state index contributed by atoms with van der Waals surface area (Å²) >= 11 is 0. The fraction of sp³-hybridized carbons (Fsp3) is 0.357. The Morgan fingerprint density at radius 1 is 1.50 bits per heavy atom. The fourth-order valence-corrected chi connectivity index (χ4v) is 1.51. The molecule has 0 aliphatic heterocycles. The molecule has 0 fully saturated rings. The van der Waals surface area contributed by atoms with Gasteiger partial charge in [0.25, 0.3) is 0 Å². The second-order valence-corrected chi connectivity index (χ2v) is 3.94. The third-order valence-electron chi connectivity index (χ3n) is 2.56. The van der Waals surface area contributed by atoms with Crippen LogP contribution in [0, 0.1) is 18.2 Å². The molecular weight excluding hydrogens is 231 g/mol. The Hall–Kier alpha value is -1.86. The maximum Gasteiger partial charge on any atom is 0.237 e. The van der Waals surface area contributed by atoms with Gasteiger partial charge in [0, 0.05) is 6.54 Å². The van der Waals surface area contributed by atoms with E-state index in [9.17, 15) is 9.18 Å². The Morgan fingerprint density at radius 3 is 2.89 bits per heavy atom. The molecule has 0 heterocycles. The summed E-state index contributed by atoms with van der Waals surface area (Å²) in [6.45, 7) is 2.50. The van der Waals surface area contributed by atoms with E-state index in [1.54, 1.807) is 25.1 Å². The third kappa shape index (κ3) is 4.56. The van der Waals surface area contributed by atoms with Crippen LogP contribution in [0.4, 0.5) is 4.39 Å². The summed E-state index contributed by atoms with van der Waals surface area (Å²) in [5.41, 5.74) is 0.640. The predicted octanol–water partition coefficient (Wildman–Crippen LogP) is 1.10. The summed E-state index contributed by atoms with van der Waals surface area (Å²) in [4.78, 5) is 11.5. The Kier molecular flexibility index (Phi) is 5.89. The Morgan fingerprint density at radius 2 is 2.22 bits per heavy atom. The molecule has 1 aromatic carbocycles. The van der Waals surface area contributed by atoms with E-state index >= 15 is 0 Å². The predicted molar refractivity (Wildman–Crippen MR) is 69.4 cm³/mol. The highest BCUT2D eigenvalue weighted by Gasteiger charge is 2.10. The lowest BCUT2D eigenvalue weighted by atomic mass is 10.1. The van der Waals surface area contributed by atoms with E-state index in [4.69, 9.17) is 6.42 Å². The number of rotatable bonds is 6. The molecule has 0 radical (unpaired) electrons. The van der Waals surface area contributed by atoms with E-state index in [2.05, 4.69) is 16.6 Å². The number of benzene rings is 1. The zero-order valence-corrected chi connectivity index (χ0v) is 10.4. The van der Waals surface area contributed by atoms with Crippen LogP contribution in [0.3, 0.4) is 0 Å². The van der Waals surface area contributed by atoms with Crippen molar-refractivity contribution in [1.29, 1.82) is 0 Å². The third-order valence-corrected chi connectivity index (χ3v) is 2.56. The minimum Gasteiger partial charge on any atom is -0.344 e. The van der Waals surface area contributed by atoms with Crippen LogP contribution in [0.5, 0.6) is 0 Å². The second-order valence-electron chi connectivity index (χ2n) is 3.94. The highest BCUT2D eigenvalue weighted by molar-refractivity contribution is 5.81. The van der Waals surface area contributed by atoms with Crippen LogP contribution in [0.1, 0.15) is 12.5 Å². The maximum absolute atomic E-state index is 13.3. The molecule has 0 saturated carbocycles. The van der Waals surface area contributed by atoms with Crippen LogP contribution in [0.15, 0.2) is 24.3 Å². The molecule has 18 heavy (non-hydrogen) atoms. The largest absolute Gasteiger partial charge is 0.344 e. The molecule has 0 aliphatic carbocycles. The summed E-state index contributed by atoms with van der Waals surface area (Å²) in [7, 11) is 0. The Labute approximate surface area is 107 Å². The van der Waals surface area contributed by atoms with E-state index in [1.165, 1.54) is 6.07 Å². The number of carbonyl (C=O) groups is 1. The molecule has 0 saturated heterocycles. The number of hydrogen-bond donors (Lipinski definition) is 2. The molecule has 0 aliphatic rings. The van der Waals surface area contributed by atoms with Crippen LogP contribution < -0.4 is 10.6 Å². The molecule has 0 spiro atoms. The average Bonchev–Trinajstić information content (AvgIpc) is 2.38. The Balaban J connectivity index is 2.32. The van der Waals surface area contributed by atoms with Crippen LogP contribution in [-0.4, -0.2) is 25.0 Å². The average molecular weight is 248 g/mol. The van der Waals surface area contributed by atoms with Crippen LogP contribution in [-0.2, 0) is 11.2 Å². The van der Waals surface area contributed by atoms with Gasteiger partial charge in [0.15, 0.2) is 0 Å². The Bertz CT molecular complexity index is 440. The zero-order valence-electron chi connectivity index (χ0n) is 10.4. The number of terminal acetylenes is 1. The van der Waals surface area contributed by atoms with E-state index in [0.29, 0.717) is 18.5 Å². The van der Waals surface area contributed by atoms with Gasteiger partial charge in [-0.3, -0.25) is 4.79 Å². The maximum atomic E-state index is 13.3. The molecule has 1 amide bonds. The lowest BCUT2D eigenvalue weighted by Gasteiger charge is -2.13. The minimum atomic E-state index is -0.342. The van der Waals surface area contributed by atoms with Gasteiger partial charge in [-0.05, 0) is 25.0 Å². The van der Waals surface area contributed by atoms with Crippen molar-refractivity contribution < 1.29 is 9.18 Å². The molecule has 1 unspecified atom stereocenters. The SMILES string of the molecule is C#CCNC(=O)C(C)NCCc1ccccc1F. The van der Waals surface area contributed by atoms with Crippen LogP contribution >= 0.6 is 0 Å². The van der Waals surface area contributed by atoms with Gasteiger partial charge in [0.1, 0.15) is 5.82 Å². The number of carbonyl (C=O) groups excluding carboxylic acids is 1. The highest BCUT2D eigenvalue weighted by atomic mass is 19.1. The van der Waals surface area contributed by atoms with Gasteiger partial charge < -0.3 is 10.6 Å². The molecule has 2 N–H and O–H groups in total. The van der Waals surface area contributed by atoms with Crippen molar-refractivity contribution in [2.24, 2.45) is 0 Å². The summed E-state index contributed by atoms with van der Waals surface area (Å²) in [6, 6.07) is 6.27. The molecule has 4 heteroatoms. The normalized spacial score (nSPS) is 11.6. The van der Waals surface area contributed by atoms with Gasteiger partial charge in [-0.15, -0.1) is 6.42 Å². The van der Waals surface area contributed by atoms with E-state index < -0.39 is 0 Å². The van der Waals surface area contributed by atoms with Crippen molar-refractivity contribution in [3.63, 3.8) is 0 Å². The van der Waals surface area contributed by atoms with Crippen molar-refractivity contribution in [1.82, 2.24) is 10.6 Å². The van der Waals surface area contributed by atoms with Gasteiger partial charge in [0.05, 0.1) is 12.6 Å². The monoisotopic (exact) mass is 248 g/mol. The van der Waals surface area contributed by atoms with Crippen molar-refractivity contribution in [3.05, 3.63) is 35.6 Å². The first-order chi connectivity index (χ1) is 8.65. The molecule has 96 valence electrons. The van der Waals surface area contributed by atoms with Gasteiger partial charge in [-0.1, -0.05) is 24.1 Å². The molecule has 0 aromatic heterocycles. The topological polar surface area (TPSA) is 41.1 Å². The summed E-state index contributed by atoms with van der Waals surface area (Å²) < 4.78 is 13.3. The highest BCUT2D eigenvalue weighted by Crippen LogP contribution is 2.06. The van der Waals surface area contributed by atoms with Gasteiger partial charge in [-0.25, -0.2) is 4.39 Å². The second kappa shape index (κ2) is 7.46. The molecule has 1 rings (SSSR count). The number of hydrogen-bond acceptors (Lipinski definition) is 2.